The molecular formula is C17H18FN3O2. The van der Waals surface area contributed by atoms with Crippen LogP contribution in [0.5, 0.6) is 0 Å². The van der Waals surface area contributed by atoms with Gasteiger partial charge in [0.25, 0.3) is 0 Å². The predicted molar refractivity (Wildman–Crippen MR) is 86.0 cm³/mol. The number of ether oxygens (including phenoxy) is 1. The standard InChI is InChI=1S/C17H18FN3O2/c1-20-12-13(11-19-20)2-5-17(22)14-3-4-16(15(18)10-14)21-6-8-23-9-7-21/h2-5,10-12H,6-9H2,1H3/b5-2+. The summed E-state index contributed by atoms with van der Waals surface area (Å²) in [6.07, 6.45) is 6.56. The summed E-state index contributed by atoms with van der Waals surface area (Å²) in [5.74, 6) is -0.617. The Morgan fingerprint density at radius 1 is 1.35 bits per heavy atom. The molecular weight excluding hydrogens is 297 g/mol. The van der Waals surface area contributed by atoms with Crippen molar-refractivity contribution in [1.82, 2.24) is 9.78 Å². The molecule has 0 aliphatic carbocycles. The Morgan fingerprint density at radius 2 is 2.13 bits per heavy atom. The molecule has 0 atom stereocenters. The molecule has 0 spiro atoms. The summed E-state index contributed by atoms with van der Waals surface area (Å²) in [5, 5.41) is 4.02. The molecule has 0 bridgehead atoms. The van der Waals surface area contributed by atoms with Gasteiger partial charge in [-0.2, -0.15) is 5.10 Å². The molecule has 0 N–H and O–H groups in total. The number of anilines is 1. The first-order valence-corrected chi connectivity index (χ1v) is 7.47. The van der Waals surface area contributed by atoms with E-state index >= 15 is 0 Å². The maximum atomic E-state index is 14.3. The lowest BCUT2D eigenvalue weighted by Crippen LogP contribution is -2.36. The number of halogens is 1. The lowest BCUT2D eigenvalue weighted by Gasteiger charge is -2.29. The van der Waals surface area contributed by atoms with Gasteiger partial charge in [0.1, 0.15) is 5.82 Å². The topological polar surface area (TPSA) is 47.4 Å². The summed E-state index contributed by atoms with van der Waals surface area (Å²) in [6.45, 7) is 2.50. The summed E-state index contributed by atoms with van der Waals surface area (Å²) >= 11 is 0. The molecule has 1 fully saturated rings. The van der Waals surface area contributed by atoms with Gasteiger partial charge in [-0.1, -0.05) is 0 Å². The molecule has 6 heteroatoms. The Kier molecular flexibility index (Phi) is 4.52. The van der Waals surface area contributed by atoms with E-state index < -0.39 is 0 Å². The highest BCUT2D eigenvalue weighted by Gasteiger charge is 2.16. The van der Waals surface area contributed by atoms with Crippen molar-refractivity contribution < 1.29 is 13.9 Å². The molecule has 23 heavy (non-hydrogen) atoms. The van der Waals surface area contributed by atoms with E-state index in [2.05, 4.69) is 5.10 Å². The van der Waals surface area contributed by atoms with Crippen molar-refractivity contribution in [2.75, 3.05) is 31.2 Å². The average molecular weight is 315 g/mol. The number of hydrogen-bond donors (Lipinski definition) is 0. The number of aromatic nitrogens is 2. The number of benzene rings is 1. The van der Waals surface area contributed by atoms with E-state index in [4.69, 9.17) is 4.74 Å². The zero-order valence-electron chi connectivity index (χ0n) is 12.9. The number of carbonyl (C=O) groups excluding carboxylic acids is 1. The van der Waals surface area contributed by atoms with Gasteiger partial charge in [0.2, 0.25) is 0 Å². The maximum absolute atomic E-state index is 14.3. The zero-order valence-corrected chi connectivity index (χ0v) is 12.9. The first kappa shape index (κ1) is 15.4. The Morgan fingerprint density at radius 3 is 2.78 bits per heavy atom. The molecule has 3 rings (SSSR count). The maximum Gasteiger partial charge on any atom is 0.185 e. The summed E-state index contributed by atoms with van der Waals surface area (Å²) in [7, 11) is 1.80. The lowest BCUT2D eigenvalue weighted by molar-refractivity contribution is 0.104. The van der Waals surface area contributed by atoms with Gasteiger partial charge in [0, 0.05) is 37.5 Å². The van der Waals surface area contributed by atoms with E-state index in [1.54, 1.807) is 42.3 Å². The molecule has 120 valence electrons. The van der Waals surface area contributed by atoms with Crippen molar-refractivity contribution in [3.63, 3.8) is 0 Å². The first-order valence-electron chi connectivity index (χ1n) is 7.47. The number of rotatable bonds is 4. The van der Waals surface area contributed by atoms with Crippen LogP contribution in [0.25, 0.3) is 6.08 Å². The molecule has 1 aliphatic rings. The van der Waals surface area contributed by atoms with Crippen LogP contribution in [0.3, 0.4) is 0 Å². The van der Waals surface area contributed by atoms with Crippen molar-refractivity contribution in [2.45, 2.75) is 0 Å². The first-order chi connectivity index (χ1) is 11.1. The van der Waals surface area contributed by atoms with Gasteiger partial charge in [0.15, 0.2) is 5.78 Å². The normalized spacial score (nSPS) is 15.3. The van der Waals surface area contributed by atoms with E-state index in [1.165, 1.54) is 12.1 Å². The Balaban J connectivity index is 1.74. The van der Waals surface area contributed by atoms with Crippen LogP contribution in [-0.2, 0) is 11.8 Å². The molecule has 0 amide bonds. The fraction of sp³-hybridized carbons (Fsp3) is 0.294. The minimum atomic E-state index is -0.382. The van der Waals surface area contributed by atoms with E-state index in [1.807, 2.05) is 4.90 Å². The van der Waals surface area contributed by atoms with Crippen LogP contribution in [0.2, 0.25) is 0 Å². The Bertz CT molecular complexity index is 733. The van der Waals surface area contributed by atoms with Crippen LogP contribution in [0, 0.1) is 5.82 Å². The third-order valence-electron chi connectivity index (χ3n) is 3.74. The molecule has 5 nitrogen and oxygen atoms in total. The number of nitrogens with zero attached hydrogens (tertiary/aromatic N) is 3. The third kappa shape index (κ3) is 3.65. The van der Waals surface area contributed by atoms with Crippen LogP contribution in [-0.4, -0.2) is 41.9 Å². The van der Waals surface area contributed by atoms with Crippen LogP contribution in [0.1, 0.15) is 15.9 Å². The van der Waals surface area contributed by atoms with Crippen LogP contribution in [0.4, 0.5) is 10.1 Å². The molecule has 0 saturated carbocycles. The van der Waals surface area contributed by atoms with Crippen molar-refractivity contribution in [3.8, 4) is 0 Å². The summed E-state index contributed by atoms with van der Waals surface area (Å²) < 4.78 is 21.2. The molecule has 2 heterocycles. The summed E-state index contributed by atoms with van der Waals surface area (Å²) in [6, 6.07) is 4.61. The smallest absolute Gasteiger partial charge is 0.185 e. The molecule has 1 saturated heterocycles. The van der Waals surface area contributed by atoms with Gasteiger partial charge < -0.3 is 9.64 Å². The van der Waals surface area contributed by atoms with Gasteiger partial charge in [-0.05, 0) is 30.4 Å². The minimum absolute atomic E-state index is 0.235. The van der Waals surface area contributed by atoms with Crippen LogP contribution in [0.15, 0.2) is 36.7 Å². The Labute approximate surface area is 134 Å². The lowest BCUT2D eigenvalue weighted by atomic mass is 10.1. The van der Waals surface area contributed by atoms with Gasteiger partial charge in [-0.25, -0.2) is 4.39 Å². The molecule has 1 aromatic heterocycles. The molecule has 2 aromatic rings. The van der Waals surface area contributed by atoms with Crippen molar-refractivity contribution in [3.05, 3.63) is 53.6 Å². The average Bonchev–Trinajstić information content (AvgIpc) is 2.99. The van der Waals surface area contributed by atoms with Crippen molar-refractivity contribution in [1.29, 1.82) is 0 Å². The second kappa shape index (κ2) is 6.75. The minimum Gasteiger partial charge on any atom is -0.378 e. The second-order valence-electron chi connectivity index (χ2n) is 5.41. The number of carbonyl (C=O) groups is 1. The van der Waals surface area contributed by atoms with E-state index in [0.717, 1.165) is 5.56 Å². The molecule has 1 aliphatic heterocycles. The van der Waals surface area contributed by atoms with Crippen LogP contribution >= 0.6 is 0 Å². The highest BCUT2D eigenvalue weighted by molar-refractivity contribution is 6.07. The van der Waals surface area contributed by atoms with E-state index in [-0.39, 0.29) is 11.6 Å². The largest absolute Gasteiger partial charge is 0.378 e. The zero-order chi connectivity index (χ0) is 16.2. The van der Waals surface area contributed by atoms with E-state index in [0.29, 0.717) is 37.6 Å². The SMILES string of the molecule is Cn1cc(/C=C/C(=O)c2ccc(N3CCOCC3)c(F)c2)cn1. The number of allylic oxidation sites excluding steroid dienone is 1. The quantitative estimate of drug-likeness (QED) is 0.641. The molecule has 0 radical (unpaired) electrons. The number of ketones is 1. The third-order valence-corrected chi connectivity index (χ3v) is 3.74. The van der Waals surface area contributed by atoms with Gasteiger partial charge >= 0.3 is 0 Å². The fourth-order valence-corrected chi connectivity index (χ4v) is 2.52. The van der Waals surface area contributed by atoms with Gasteiger partial charge in [-0.3, -0.25) is 9.48 Å². The second-order valence-corrected chi connectivity index (χ2v) is 5.41. The van der Waals surface area contributed by atoms with Crippen LogP contribution < -0.4 is 4.90 Å². The monoisotopic (exact) mass is 315 g/mol. The summed E-state index contributed by atoms with van der Waals surface area (Å²) in [5.41, 5.74) is 1.67. The van der Waals surface area contributed by atoms with Crippen molar-refractivity contribution >= 4 is 17.5 Å². The molecule has 0 unspecified atom stereocenters. The van der Waals surface area contributed by atoms with E-state index in [9.17, 15) is 9.18 Å². The predicted octanol–water partition coefficient (Wildman–Crippen LogP) is 2.29. The Hall–Kier alpha value is -2.47. The van der Waals surface area contributed by atoms with Gasteiger partial charge in [0.05, 0.1) is 25.1 Å². The highest BCUT2D eigenvalue weighted by atomic mass is 19.1. The number of aryl methyl sites for hydroxylation is 1. The highest BCUT2D eigenvalue weighted by Crippen LogP contribution is 2.22. The number of morpholine rings is 1. The fourth-order valence-electron chi connectivity index (χ4n) is 2.52. The van der Waals surface area contributed by atoms with Gasteiger partial charge in [-0.15, -0.1) is 0 Å². The van der Waals surface area contributed by atoms with Crippen molar-refractivity contribution in [2.24, 2.45) is 7.05 Å². The molecule has 1 aromatic carbocycles. The summed E-state index contributed by atoms with van der Waals surface area (Å²) in [4.78, 5) is 14.1. The number of hydrogen-bond acceptors (Lipinski definition) is 4.